The Bertz CT molecular complexity index is 990. The second-order valence-corrected chi connectivity index (χ2v) is 10.7. The first-order valence-corrected chi connectivity index (χ1v) is 13.0. The van der Waals surface area contributed by atoms with E-state index in [4.69, 9.17) is 9.84 Å². The number of aliphatic hydroxyl groups excluding tert-OH is 1. The SMILES string of the molecule is O=C(O)c1csc(SCCN2C(=O)OC[C@@H]2C=C[C@@H](O)C2(CCc3ccccc3)CCC2)n1. The minimum absolute atomic E-state index is 0.0371. The molecule has 0 bridgehead atoms. The average molecular weight is 489 g/mol. The maximum Gasteiger partial charge on any atom is 0.410 e. The summed E-state index contributed by atoms with van der Waals surface area (Å²) in [6.45, 7) is 0.722. The number of thiazole rings is 1. The van der Waals surface area contributed by atoms with Gasteiger partial charge in [0.05, 0.1) is 12.1 Å². The quantitative estimate of drug-likeness (QED) is 0.355. The first-order chi connectivity index (χ1) is 16.0. The molecule has 2 aliphatic rings. The number of cyclic esters (lactones) is 1. The number of aryl methyl sites for hydroxylation is 1. The van der Waals surface area contributed by atoms with Crippen molar-refractivity contribution < 1.29 is 24.5 Å². The molecule has 1 saturated heterocycles. The number of benzene rings is 1. The van der Waals surface area contributed by atoms with E-state index in [9.17, 15) is 14.7 Å². The fourth-order valence-corrected chi connectivity index (χ4v) is 6.14. The predicted octanol–water partition coefficient (Wildman–Crippen LogP) is 4.47. The first kappa shape index (κ1) is 23.8. The monoisotopic (exact) mass is 488 g/mol. The van der Waals surface area contributed by atoms with E-state index in [0.717, 1.165) is 32.1 Å². The number of carbonyl (C=O) groups excluding carboxylic acids is 1. The number of amides is 1. The van der Waals surface area contributed by atoms with Crippen LogP contribution in [0.15, 0.2) is 52.2 Å². The normalized spacial score (nSPS) is 20.6. The molecular weight excluding hydrogens is 460 g/mol. The van der Waals surface area contributed by atoms with Crippen LogP contribution < -0.4 is 0 Å². The molecule has 1 saturated carbocycles. The van der Waals surface area contributed by atoms with Crippen molar-refractivity contribution in [1.29, 1.82) is 0 Å². The number of carbonyl (C=O) groups is 2. The Hall–Kier alpha value is -2.36. The van der Waals surface area contributed by atoms with Crippen molar-refractivity contribution in [2.45, 2.75) is 48.6 Å². The Labute approximate surface area is 201 Å². The zero-order valence-corrected chi connectivity index (χ0v) is 19.9. The van der Waals surface area contributed by atoms with Gasteiger partial charge in [-0.1, -0.05) is 60.7 Å². The third-order valence-electron chi connectivity index (χ3n) is 6.52. The second-order valence-electron chi connectivity index (χ2n) is 8.52. The molecule has 176 valence electrons. The molecule has 1 amide bonds. The van der Waals surface area contributed by atoms with E-state index < -0.39 is 12.1 Å². The summed E-state index contributed by atoms with van der Waals surface area (Å²) in [5.74, 6) is -0.465. The summed E-state index contributed by atoms with van der Waals surface area (Å²) in [7, 11) is 0. The number of carboxylic acids is 1. The Morgan fingerprint density at radius 1 is 1.36 bits per heavy atom. The van der Waals surface area contributed by atoms with E-state index in [1.165, 1.54) is 34.0 Å². The number of rotatable bonds is 11. The minimum atomic E-state index is -1.04. The molecule has 1 aromatic carbocycles. The molecule has 4 rings (SSSR count). The van der Waals surface area contributed by atoms with Crippen LogP contribution >= 0.6 is 23.1 Å². The third-order valence-corrected chi connectivity index (χ3v) is 8.52. The second kappa shape index (κ2) is 10.7. The van der Waals surface area contributed by atoms with Crippen LogP contribution in [-0.2, 0) is 11.2 Å². The van der Waals surface area contributed by atoms with Crippen molar-refractivity contribution in [1.82, 2.24) is 9.88 Å². The van der Waals surface area contributed by atoms with Crippen LogP contribution in [0, 0.1) is 5.41 Å². The van der Waals surface area contributed by atoms with Gasteiger partial charge in [0.15, 0.2) is 10.0 Å². The molecule has 0 spiro atoms. The Morgan fingerprint density at radius 3 is 2.82 bits per heavy atom. The molecule has 2 heterocycles. The van der Waals surface area contributed by atoms with Gasteiger partial charge in [-0.25, -0.2) is 14.6 Å². The zero-order chi connectivity index (χ0) is 23.3. The third kappa shape index (κ3) is 5.77. The first-order valence-electron chi connectivity index (χ1n) is 11.1. The molecule has 1 aliphatic carbocycles. The fraction of sp³-hybridized carbons (Fsp3) is 0.458. The minimum Gasteiger partial charge on any atom is -0.476 e. The maximum absolute atomic E-state index is 12.2. The highest BCUT2D eigenvalue weighted by molar-refractivity contribution is 8.01. The lowest BCUT2D eigenvalue weighted by atomic mass is 9.62. The van der Waals surface area contributed by atoms with Gasteiger partial charge in [-0.2, -0.15) is 0 Å². The van der Waals surface area contributed by atoms with Gasteiger partial charge in [0.2, 0.25) is 0 Å². The van der Waals surface area contributed by atoms with Gasteiger partial charge in [-0.15, -0.1) is 11.3 Å². The van der Waals surface area contributed by atoms with Crippen LogP contribution in [0.4, 0.5) is 4.79 Å². The molecule has 2 fully saturated rings. The molecule has 33 heavy (non-hydrogen) atoms. The number of aromatic nitrogens is 1. The van der Waals surface area contributed by atoms with Gasteiger partial charge in [-0.3, -0.25) is 4.90 Å². The predicted molar refractivity (Wildman–Crippen MR) is 128 cm³/mol. The summed E-state index contributed by atoms with van der Waals surface area (Å²) in [5.41, 5.74) is 1.23. The summed E-state index contributed by atoms with van der Waals surface area (Å²) < 4.78 is 5.89. The highest BCUT2D eigenvalue weighted by atomic mass is 32.2. The van der Waals surface area contributed by atoms with Crippen LogP contribution in [0.5, 0.6) is 0 Å². The van der Waals surface area contributed by atoms with Crippen LogP contribution in [-0.4, -0.2) is 63.2 Å². The zero-order valence-electron chi connectivity index (χ0n) is 18.3. The molecule has 9 heteroatoms. The van der Waals surface area contributed by atoms with Crippen LogP contribution in [0.1, 0.15) is 41.7 Å². The number of aromatic carboxylic acids is 1. The number of thioether (sulfide) groups is 1. The van der Waals surface area contributed by atoms with E-state index in [-0.39, 0.29) is 29.9 Å². The average Bonchev–Trinajstić information content (AvgIpc) is 3.40. The van der Waals surface area contributed by atoms with E-state index in [2.05, 4.69) is 17.1 Å². The Morgan fingerprint density at radius 2 is 2.15 bits per heavy atom. The molecule has 2 atom stereocenters. The molecule has 2 aromatic rings. The number of nitrogens with zero attached hydrogens (tertiary/aromatic N) is 2. The molecular formula is C24H28N2O5S2. The molecule has 1 aromatic heterocycles. The van der Waals surface area contributed by atoms with Gasteiger partial charge in [0.25, 0.3) is 0 Å². The molecule has 1 aliphatic heterocycles. The number of carboxylic acid groups (broad SMARTS) is 1. The van der Waals surface area contributed by atoms with E-state index in [1.54, 1.807) is 4.90 Å². The topological polar surface area (TPSA) is 100.0 Å². The van der Waals surface area contributed by atoms with Crippen LogP contribution in [0.3, 0.4) is 0 Å². The summed E-state index contributed by atoms with van der Waals surface area (Å²) >= 11 is 2.70. The lowest BCUT2D eigenvalue weighted by molar-refractivity contribution is -0.0123. The van der Waals surface area contributed by atoms with Crippen molar-refractivity contribution >= 4 is 35.2 Å². The standard InChI is InChI=1S/C24H28N2O5S2/c27-20(24(10-4-11-24)12-9-17-5-2-1-3-6-17)8-7-18-15-31-23(30)26(18)13-14-32-22-25-19(16-33-22)21(28)29/h1-3,5-8,16,18,20,27H,4,9-15H2,(H,28,29)/t18-,20+/m0/s1. The summed E-state index contributed by atoms with van der Waals surface area (Å²) in [6, 6.07) is 10.1. The highest BCUT2D eigenvalue weighted by Crippen LogP contribution is 2.48. The van der Waals surface area contributed by atoms with Gasteiger partial charge in [0, 0.05) is 23.1 Å². The smallest absolute Gasteiger partial charge is 0.410 e. The van der Waals surface area contributed by atoms with Gasteiger partial charge >= 0.3 is 12.1 Å². The van der Waals surface area contributed by atoms with Crippen LogP contribution in [0.2, 0.25) is 0 Å². The van der Waals surface area contributed by atoms with Gasteiger partial charge in [0.1, 0.15) is 6.61 Å². The Kier molecular flexibility index (Phi) is 7.72. The summed E-state index contributed by atoms with van der Waals surface area (Å²) in [5, 5.41) is 21.5. The maximum atomic E-state index is 12.2. The van der Waals surface area contributed by atoms with Crippen molar-refractivity contribution in [3.63, 3.8) is 0 Å². The van der Waals surface area contributed by atoms with Crippen molar-refractivity contribution in [3.8, 4) is 0 Å². The number of hydrogen-bond donors (Lipinski definition) is 2. The Balaban J connectivity index is 1.30. The number of aliphatic hydroxyl groups is 1. The largest absolute Gasteiger partial charge is 0.476 e. The lowest BCUT2D eigenvalue weighted by Gasteiger charge is -2.45. The van der Waals surface area contributed by atoms with Gasteiger partial charge in [-0.05, 0) is 31.2 Å². The molecule has 0 radical (unpaired) electrons. The summed E-state index contributed by atoms with van der Waals surface area (Å²) in [6.07, 6.45) is 7.87. The lowest BCUT2D eigenvalue weighted by Crippen LogP contribution is -2.41. The highest BCUT2D eigenvalue weighted by Gasteiger charge is 2.42. The van der Waals surface area contributed by atoms with E-state index in [0.29, 0.717) is 16.6 Å². The van der Waals surface area contributed by atoms with Gasteiger partial charge < -0.3 is 14.9 Å². The van der Waals surface area contributed by atoms with Crippen molar-refractivity contribution in [2.24, 2.45) is 5.41 Å². The fourth-order valence-electron chi connectivity index (χ4n) is 4.33. The van der Waals surface area contributed by atoms with Crippen LogP contribution in [0.25, 0.3) is 0 Å². The summed E-state index contributed by atoms with van der Waals surface area (Å²) in [4.78, 5) is 28.9. The van der Waals surface area contributed by atoms with E-state index in [1.807, 2.05) is 30.4 Å². The molecule has 0 unspecified atom stereocenters. The van der Waals surface area contributed by atoms with Crippen molar-refractivity contribution in [2.75, 3.05) is 18.9 Å². The molecule has 7 nitrogen and oxygen atoms in total. The molecule has 2 N–H and O–H groups in total. The van der Waals surface area contributed by atoms with Crippen molar-refractivity contribution in [3.05, 3.63) is 59.1 Å². The number of ether oxygens (including phenoxy) is 1. The van der Waals surface area contributed by atoms with E-state index >= 15 is 0 Å². The number of hydrogen-bond acceptors (Lipinski definition) is 7.